The number of benzene rings is 1. The van der Waals surface area contributed by atoms with Crippen LogP contribution in [0.5, 0.6) is 5.75 Å². The Bertz CT molecular complexity index is 418. The maximum atomic E-state index is 12.0. The first-order valence-corrected chi connectivity index (χ1v) is 7.40. The predicted molar refractivity (Wildman–Crippen MR) is 78.2 cm³/mol. The van der Waals surface area contributed by atoms with Crippen LogP contribution in [0.2, 0.25) is 0 Å². The minimum Gasteiger partial charge on any atom is -0.493 e. The van der Waals surface area contributed by atoms with Gasteiger partial charge in [-0.15, -0.1) is 11.6 Å². The van der Waals surface area contributed by atoms with Gasteiger partial charge in [0.05, 0.1) is 18.6 Å². The molecule has 1 aliphatic heterocycles. The molecule has 1 aliphatic rings. The molecule has 1 fully saturated rings. The zero-order chi connectivity index (χ0) is 14.3. The largest absolute Gasteiger partial charge is 0.493 e. The maximum Gasteiger partial charge on any atom is 0.223 e. The van der Waals surface area contributed by atoms with E-state index in [4.69, 9.17) is 21.1 Å². The van der Waals surface area contributed by atoms with Crippen LogP contribution >= 0.6 is 11.6 Å². The van der Waals surface area contributed by atoms with Crippen molar-refractivity contribution in [2.24, 2.45) is 0 Å². The third-order valence-electron chi connectivity index (χ3n) is 3.45. The van der Waals surface area contributed by atoms with Gasteiger partial charge in [-0.25, -0.2) is 0 Å². The molecule has 1 aromatic carbocycles. The van der Waals surface area contributed by atoms with E-state index >= 15 is 0 Å². The summed E-state index contributed by atoms with van der Waals surface area (Å²) in [6.07, 6.45) is 1.86. The maximum absolute atomic E-state index is 12.0. The van der Waals surface area contributed by atoms with Gasteiger partial charge in [0, 0.05) is 19.1 Å². The fourth-order valence-corrected chi connectivity index (χ4v) is 2.52. The van der Waals surface area contributed by atoms with Gasteiger partial charge >= 0.3 is 0 Å². The van der Waals surface area contributed by atoms with Gasteiger partial charge in [-0.3, -0.25) is 4.79 Å². The van der Waals surface area contributed by atoms with Crippen LogP contribution in [-0.4, -0.2) is 37.1 Å². The van der Waals surface area contributed by atoms with Crippen molar-refractivity contribution in [1.82, 2.24) is 5.32 Å². The van der Waals surface area contributed by atoms with Gasteiger partial charge in [0.15, 0.2) is 0 Å². The molecule has 1 heterocycles. The van der Waals surface area contributed by atoms with Crippen molar-refractivity contribution in [2.45, 2.75) is 24.8 Å². The third kappa shape index (κ3) is 4.39. The smallest absolute Gasteiger partial charge is 0.223 e. The minimum atomic E-state index is -0.316. The number of para-hydroxylation sites is 1. The Balaban J connectivity index is 1.74. The van der Waals surface area contributed by atoms with E-state index in [2.05, 4.69) is 5.32 Å². The van der Waals surface area contributed by atoms with Crippen molar-refractivity contribution < 1.29 is 14.3 Å². The van der Waals surface area contributed by atoms with Gasteiger partial charge in [0.2, 0.25) is 5.91 Å². The zero-order valence-corrected chi connectivity index (χ0v) is 12.2. The first-order valence-electron chi connectivity index (χ1n) is 6.87. The molecule has 0 bridgehead atoms. The Hall–Kier alpha value is -1.26. The van der Waals surface area contributed by atoms with E-state index in [0.717, 1.165) is 18.6 Å². The van der Waals surface area contributed by atoms with Crippen molar-refractivity contribution in [1.29, 1.82) is 0 Å². The van der Waals surface area contributed by atoms with Gasteiger partial charge in [0.1, 0.15) is 5.75 Å². The van der Waals surface area contributed by atoms with E-state index < -0.39 is 0 Å². The van der Waals surface area contributed by atoms with Crippen LogP contribution in [-0.2, 0) is 9.53 Å². The van der Waals surface area contributed by atoms with Crippen LogP contribution < -0.4 is 10.1 Å². The molecule has 0 atom stereocenters. The lowest BCUT2D eigenvalue weighted by Gasteiger charge is -2.36. The average Bonchev–Trinajstić information content (AvgIpc) is 2.49. The molecule has 2 rings (SSSR count). The molecule has 0 aliphatic carbocycles. The summed E-state index contributed by atoms with van der Waals surface area (Å²) in [7, 11) is 0. The fraction of sp³-hybridized carbons (Fsp3) is 0.533. The second-order valence-electron chi connectivity index (χ2n) is 4.99. The lowest BCUT2D eigenvalue weighted by molar-refractivity contribution is -0.124. The molecule has 0 unspecified atom stereocenters. The Kier molecular flexibility index (Phi) is 5.68. The SMILES string of the molecule is O=C(CCOc1ccccc1)NC1(CCl)CCOCC1. The van der Waals surface area contributed by atoms with Gasteiger partial charge in [0.25, 0.3) is 0 Å². The van der Waals surface area contributed by atoms with E-state index in [0.29, 0.717) is 32.1 Å². The molecule has 110 valence electrons. The molecule has 0 saturated carbocycles. The second-order valence-corrected chi connectivity index (χ2v) is 5.25. The van der Waals surface area contributed by atoms with Crippen molar-refractivity contribution in [3.8, 4) is 5.75 Å². The summed E-state index contributed by atoms with van der Waals surface area (Å²) >= 11 is 6.01. The standard InChI is InChI=1S/C15H20ClNO3/c16-12-15(7-10-19-11-8-15)17-14(18)6-9-20-13-4-2-1-3-5-13/h1-5H,6-12H2,(H,17,18). The van der Waals surface area contributed by atoms with E-state index in [-0.39, 0.29) is 11.4 Å². The summed E-state index contributed by atoms with van der Waals surface area (Å²) in [6.45, 7) is 1.66. The van der Waals surface area contributed by atoms with Gasteiger partial charge in [-0.1, -0.05) is 18.2 Å². The van der Waals surface area contributed by atoms with Crippen LogP contribution in [0.1, 0.15) is 19.3 Å². The van der Waals surface area contributed by atoms with Crippen LogP contribution in [0.25, 0.3) is 0 Å². The summed E-state index contributed by atoms with van der Waals surface area (Å²) in [4.78, 5) is 12.0. The number of hydrogen-bond donors (Lipinski definition) is 1. The number of ether oxygens (including phenoxy) is 2. The van der Waals surface area contributed by atoms with Crippen molar-refractivity contribution in [3.63, 3.8) is 0 Å². The number of nitrogens with one attached hydrogen (secondary N) is 1. The Labute approximate surface area is 124 Å². The Morgan fingerprint density at radius 2 is 2.00 bits per heavy atom. The summed E-state index contributed by atoms with van der Waals surface area (Å²) in [5, 5.41) is 3.04. The highest BCUT2D eigenvalue weighted by molar-refractivity contribution is 6.18. The molecule has 4 nitrogen and oxygen atoms in total. The van der Waals surface area contributed by atoms with E-state index in [9.17, 15) is 4.79 Å². The normalized spacial score (nSPS) is 17.4. The third-order valence-corrected chi connectivity index (χ3v) is 3.96. The second kappa shape index (κ2) is 7.50. The van der Waals surface area contributed by atoms with E-state index in [1.54, 1.807) is 0 Å². The molecular weight excluding hydrogens is 278 g/mol. The van der Waals surface area contributed by atoms with Crippen LogP contribution in [0.4, 0.5) is 0 Å². The molecule has 0 aromatic heterocycles. The number of halogens is 1. The van der Waals surface area contributed by atoms with Crippen molar-refractivity contribution >= 4 is 17.5 Å². The van der Waals surface area contributed by atoms with Gasteiger partial charge in [-0.05, 0) is 25.0 Å². The minimum absolute atomic E-state index is 0.0246. The monoisotopic (exact) mass is 297 g/mol. The predicted octanol–water partition coefficient (Wildman–Crippen LogP) is 2.36. The van der Waals surface area contributed by atoms with E-state index in [1.165, 1.54) is 0 Å². The molecule has 5 heteroatoms. The molecule has 1 saturated heterocycles. The van der Waals surface area contributed by atoms with Crippen molar-refractivity contribution in [2.75, 3.05) is 25.7 Å². The topological polar surface area (TPSA) is 47.6 Å². The molecule has 1 N–H and O–H groups in total. The summed E-state index contributed by atoms with van der Waals surface area (Å²) in [5.74, 6) is 1.17. The van der Waals surface area contributed by atoms with E-state index in [1.807, 2.05) is 30.3 Å². The van der Waals surface area contributed by atoms with Crippen molar-refractivity contribution in [3.05, 3.63) is 30.3 Å². The number of amides is 1. The molecule has 0 radical (unpaired) electrons. The van der Waals surface area contributed by atoms with Gasteiger partial charge < -0.3 is 14.8 Å². The highest BCUT2D eigenvalue weighted by Gasteiger charge is 2.33. The molecule has 0 spiro atoms. The lowest BCUT2D eigenvalue weighted by atomic mass is 9.92. The highest BCUT2D eigenvalue weighted by Crippen LogP contribution is 2.22. The molecule has 1 aromatic rings. The number of carbonyl (C=O) groups excluding carboxylic acids is 1. The molecule has 20 heavy (non-hydrogen) atoms. The van der Waals surface area contributed by atoms with Crippen LogP contribution in [0.3, 0.4) is 0 Å². The fourth-order valence-electron chi connectivity index (χ4n) is 2.19. The number of alkyl halides is 1. The first kappa shape index (κ1) is 15.1. The number of hydrogen-bond acceptors (Lipinski definition) is 3. The van der Waals surface area contributed by atoms with Gasteiger partial charge in [-0.2, -0.15) is 0 Å². The number of rotatable bonds is 6. The summed E-state index contributed by atoms with van der Waals surface area (Å²) in [5.41, 5.74) is -0.316. The molecule has 1 amide bonds. The first-order chi connectivity index (χ1) is 9.74. The summed E-state index contributed by atoms with van der Waals surface area (Å²) in [6, 6.07) is 9.47. The summed E-state index contributed by atoms with van der Waals surface area (Å²) < 4.78 is 10.8. The quantitative estimate of drug-likeness (QED) is 0.820. The Morgan fingerprint density at radius 1 is 1.30 bits per heavy atom. The highest BCUT2D eigenvalue weighted by atomic mass is 35.5. The average molecular weight is 298 g/mol. The lowest BCUT2D eigenvalue weighted by Crippen LogP contribution is -2.53. The number of carbonyl (C=O) groups is 1. The van der Waals surface area contributed by atoms with Crippen LogP contribution in [0, 0.1) is 0 Å². The molecular formula is C15H20ClNO3. The van der Waals surface area contributed by atoms with Crippen LogP contribution in [0.15, 0.2) is 30.3 Å². The zero-order valence-electron chi connectivity index (χ0n) is 11.4. The Morgan fingerprint density at radius 3 is 2.65 bits per heavy atom.